The molecule has 0 aliphatic heterocycles. The van der Waals surface area contributed by atoms with Crippen molar-refractivity contribution in [3.05, 3.63) is 29.3 Å². The molecular weight excluding hydrogens is 216 g/mol. The number of carbonyl (C=O) groups is 1. The third kappa shape index (κ3) is 2.73. The van der Waals surface area contributed by atoms with Crippen molar-refractivity contribution >= 4 is 11.6 Å². The predicted molar refractivity (Wildman–Crippen MR) is 62.7 cm³/mol. The van der Waals surface area contributed by atoms with Crippen LogP contribution in [0.3, 0.4) is 0 Å². The van der Waals surface area contributed by atoms with Crippen LogP contribution in [-0.2, 0) is 0 Å². The zero-order chi connectivity index (χ0) is 12.8. The molecular formula is C12H12N4O. The monoisotopic (exact) mass is 228 g/mol. The molecule has 86 valence electrons. The van der Waals surface area contributed by atoms with Gasteiger partial charge in [-0.15, -0.1) is 0 Å². The molecule has 0 aliphatic rings. The molecule has 0 saturated heterocycles. The molecule has 2 N–H and O–H groups in total. The largest absolute Gasteiger partial charge is 0.398 e. The molecule has 0 heterocycles. The van der Waals surface area contributed by atoms with Gasteiger partial charge in [-0.25, -0.2) is 0 Å². The van der Waals surface area contributed by atoms with Crippen LogP contribution < -0.4 is 5.73 Å². The molecule has 1 rings (SSSR count). The van der Waals surface area contributed by atoms with E-state index in [2.05, 4.69) is 0 Å². The average Bonchev–Trinajstić information content (AvgIpc) is 2.28. The second kappa shape index (κ2) is 5.53. The van der Waals surface area contributed by atoms with Gasteiger partial charge in [0.15, 0.2) is 0 Å². The van der Waals surface area contributed by atoms with Crippen molar-refractivity contribution in [3.8, 4) is 12.1 Å². The molecule has 0 unspecified atom stereocenters. The summed E-state index contributed by atoms with van der Waals surface area (Å²) in [7, 11) is 0. The lowest BCUT2D eigenvalue weighted by molar-refractivity contribution is 0.0795. The maximum absolute atomic E-state index is 12.1. The number of benzene rings is 1. The molecule has 0 aromatic heterocycles. The van der Waals surface area contributed by atoms with Crippen molar-refractivity contribution in [2.75, 3.05) is 18.8 Å². The maximum atomic E-state index is 12.1. The highest BCUT2D eigenvalue weighted by molar-refractivity contribution is 6.00. The summed E-state index contributed by atoms with van der Waals surface area (Å²) in [5, 5.41) is 17.2. The summed E-state index contributed by atoms with van der Waals surface area (Å²) >= 11 is 0. The second-order valence-electron chi connectivity index (χ2n) is 3.52. The summed E-state index contributed by atoms with van der Waals surface area (Å²) in [6.45, 7) is 1.51. The van der Waals surface area contributed by atoms with Gasteiger partial charge in [-0.05, 0) is 18.6 Å². The molecule has 17 heavy (non-hydrogen) atoms. The highest BCUT2D eigenvalue weighted by atomic mass is 16.2. The number of amides is 1. The van der Waals surface area contributed by atoms with E-state index in [1.54, 1.807) is 25.1 Å². The van der Waals surface area contributed by atoms with E-state index in [4.69, 9.17) is 16.3 Å². The number of rotatable bonds is 3. The quantitative estimate of drug-likeness (QED) is 0.618. The van der Waals surface area contributed by atoms with Crippen LogP contribution in [0.25, 0.3) is 0 Å². The summed E-state index contributed by atoms with van der Waals surface area (Å²) in [6.07, 6.45) is 0. The van der Waals surface area contributed by atoms with Gasteiger partial charge in [0, 0.05) is 5.69 Å². The number of nitrogens with two attached hydrogens (primary N) is 1. The van der Waals surface area contributed by atoms with Gasteiger partial charge in [0.2, 0.25) is 0 Å². The lowest BCUT2D eigenvalue weighted by Gasteiger charge is -2.18. The molecule has 0 radical (unpaired) electrons. The SMILES string of the molecule is Cc1cccc(N)c1C(=O)N(CC#N)CC#N. The van der Waals surface area contributed by atoms with Crippen LogP contribution in [0.1, 0.15) is 15.9 Å². The van der Waals surface area contributed by atoms with Gasteiger partial charge in [-0.3, -0.25) is 4.79 Å². The molecule has 1 aromatic carbocycles. The fraction of sp³-hybridized carbons (Fsp3) is 0.250. The van der Waals surface area contributed by atoms with E-state index in [9.17, 15) is 4.79 Å². The van der Waals surface area contributed by atoms with E-state index in [0.29, 0.717) is 11.3 Å². The Morgan fingerprint density at radius 2 is 1.94 bits per heavy atom. The summed E-state index contributed by atoms with van der Waals surface area (Å²) < 4.78 is 0. The Balaban J connectivity index is 3.11. The predicted octanol–water partition coefficient (Wildman–Crippen LogP) is 1.07. The number of hydrogen-bond acceptors (Lipinski definition) is 4. The number of anilines is 1. The van der Waals surface area contributed by atoms with Crippen molar-refractivity contribution in [1.29, 1.82) is 10.5 Å². The number of nitriles is 2. The van der Waals surface area contributed by atoms with Crippen molar-refractivity contribution in [2.45, 2.75) is 6.92 Å². The van der Waals surface area contributed by atoms with E-state index in [0.717, 1.165) is 5.56 Å². The van der Waals surface area contributed by atoms with Crippen LogP contribution in [0.4, 0.5) is 5.69 Å². The average molecular weight is 228 g/mol. The molecule has 0 bridgehead atoms. The Hall–Kier alpha value is -2.53. The summed E-state index contributed by atoms with van der Waals surface area (Å²) in [5.41, 5.74) is 7.19. The minimum atomic E-state index is -0.385. The van der Waals surface area contributed by atoms with Crippen LogP contribution in [0.2, 0.25) is 0 Å². The first-order valence-electron chi connectivity index (χ1n) is 5.00. The molecule has 5 heteroatoms. The highest BCUT2D eigenvalue weighted by Gasteiger charge is 2.19. The van der Waals surface area contributed by atoms with E-state index in [1.165, 1.54) is 4.90 Å². The number of nitrogen functional groups attached to an aromatic ring is 1. The Kier molecular flexibility index (Phi) is 4.08. The topological polar surface area (TPSA) is 93.9 Å². The Bertz CT molecular complexity index is 474. The van der Waals surface area contributed by atoms with Crippen LogP contribution in [0.15, 0.2) is 18.2 Å². The zero-order valence-electron chi connectivity index (χ0n) is 9.47. The standard InChI is InChI=1S/C12H12N4O/c1-9-3-2-4-10(15)11(9)12(17)16(7-5-13)8-6-14/h2-4H,7-8,15H2,1H3. The van der Waals surface area contributed by atoms with Gasteiger partial charge in [-0.1, -0.05) is 12.1 Å². The van der Waals surface area contributed by atoms with Gasteiger partial charge >= 0.3 is 0 Å². The Morgan fingerprint density at radius 1 is 1.35 bits per heavy atom. The first-order chi connectivity index (χ1) is 8.11. The smallest absolute Gasteiger partial charge is 0.257 e. The molecule has 0 spiro atoms. The molecule has 0 atom stereocenters. The van der Waals surface area contributed by atoms with Crippen molar-refractivity contribution < 1.29 is 4.79 Å². The molecule has 1 amide bonds. The second-order valence-corrected chi connectivity index (χ2v) is 3.52. The van der Waals surface area contributed by atoms with Gasteiger partial charge in [0.1, 0.15) is 13.1 Å². The third-order valence-electron chi connectivity index (χ3n) is 2.33. The van der Waals surface area contributed by atoms with Crippen molar-refractivity contribution in [2.24, 2.45) is 0 Å². The molecule has 5 nitrogen and oxygen atoms in total. The summed E-state index contributed by atoms with van der Waals surface area (Å²) in [6, 6.07) is 8.85. The van der Waals surface area contributed by atoms with Crippen molar-refractivity contribution in [1.82, 2.24) is 4.90 Å². The summed E-state index contributed by atoms with van der Waals surface area (Å²) in [5.74, 6) is -0.385. The summed E-state index contributed by atoms with van der Waals surface area (Å²) in [4.78, 5) is 13.3. The fourth-order valence-electron chi connectivity index (χ4n) is 1.51. The Morgan fingerprint density at radius 3 is 2.41 bits per heavy atom. The molecule has 0 saturated carbocycles. The fourth-order valence-corrected chi connectivity index (χ4v) is 1.51. The number of nitrogens with zero attached hydrogens (tertiary/aromatic N) is 3. The van der Waals surface area contributed by atoms with E-state index in [1.807, 2.05) is 12.1 Å². The molecule has 1 aromatic rings. The zero-order valence-corrected chi connectivity index (χ0v) is 9.47. The van der Waals surface area contributed by atoms with Gasteiger partial charge in [0.25, 0.3) is 5.91 Å². The number of hydrogen-bond donors (Lipinski definition) is 1. The van der Waals surface area contributed by atoms with E-state index >= 15 is 0 Å². The van der Waals surface area contributed by atoms with Gasteiger partial charge in [-0.2, -0.15) is 10.5 Å². The minimum Gasteiger partial charge on any atom is -0.398 e. The molecule has 0 aliphatic carbocycles. The lowest BCUT2D eigenvalue weighted by atomic mass is 10.1. The van der Waals surface area contributed by atoms with Crippen LogP contribution in [0, 0.1) is 29.6 Å². The number of carbonyl (C=O) groups excluding carboxylic acids is 1. The first-order valence-corrected chi connectivity index (χ1v) is 5.00. The number of aryl methyl sites for hydroxylation is 1. The highest BCUT2D eigenvalue weighted by Crippen LogP contribution is 2.18. The maximum Gasteiger partial charge on any atom is 0.257 e. The van der Waals surface area contributed by atoms with Gasteiger partial charge in [0.05, 0.1) is 17.7 Å². The van der Waals surface area contributed by atoms with Crippen LogP contribution >= 0.6 is 0 Å². The van der Waals surface area contributed by atoms with Crippen LogP contribution in [0.5, 0.6) is 0 Å². The lowest BCUT2D eigenvalue weighted by Crippen LogP contribution is -2.32. The third-order valence-corrected chi connectivity index (χ3v) is 2.33. The van der Waals surface area contributed by atoms with Gasteiger partial charge < -0.3 is 10.6 Å². The Labute approximate surface area is 99.7 Å². The van der Waals surface area contributed by atoms with E-state index < -0.39 is 0 Å². The first kappa shape index (κ1) is 12.5. The van der Waals surface area contributed by atoms with Crippen LogP contribution in [-0.4, -0.2) is 23.9 Å². The van der Waals surface area contributed by atoms with E-state index in [-0.39, 0.29) is 19.0 Å². The molecule has 0 fully saturated rings. The normalized spacial score (nSPS) is 9.12. The van der Waals surface area contributed by atoms with Crippen molar-refractivity contribution in [3.63, 3.8) is 0 Å². The minimum absolute atomic E-state index is 0.125.